The van der Waals surface area contributed by atoms with Crippen LogP contribution in [0.3, 0.4) is 0 Å². The molecule has 0 bridgehead atoms. The van der Waals surface area contributed by atoms with Gasteiger partial charge in [0, 0.05) is 24.4 Å². The van der Waals surface area contributed by atoms with Crippen molar-refractivity contribution in [2.75, 3.05) is 19.8 Å². The third-order valence-corrected chi connectivity index (χ3v) is 3.18. The summed E-state index contributed by atoms with van der Waals surface area (Å²) in [7, 11) is 0. The van der Waals surface area contributed by atoms with Crippen LogP contribution in [0.4, 0.5) is 0 Å². The minimum absolute atomic E-state index is 0.104. The van der Waals surface area contributed by atoms with Gasteiger partial charge in [-0.1, -0.05) is 11.6 Å². The predicted octanol–water partition coefficient (Wildman–Crippen LogP) is 2.20. The molecular weight excluding hydrogens is 252 g/mol. The number of aryl methyl sites for hydroxylation is 1. The van der Waals surface area contributed by atoms with Crippen molar-refractivity contribution in [3.63, 3.8) is 0 Å². The SMILES string of the molecule is Cc1cc(C(=O)NCC2CCCOC2)cc(Cl)n1. The molecule has 1 aliphatic heterocycles. The van der Waals surface area contributed by atoms with Crippen molar-refractivity contribution in [2.45, 2.75) is 19.8 Å². The zero-order valence-electron chi connectivity index (χ0n) is 10.4. The maximum Gasteiger partial charge on any atom is 0.251 e. The van der Waals surface area contributed by atoms with E-state index in [-0.39, 0.29) is 5.91 Å². The quantitative estimate of drug-likeness (QED) is 0.855. The molecule has 2 rings (SSSR count). The lowest BCUT2D eigenvalue weighted by atomic mass is 10.0. The van der Waals surface area contributed by atoms with E-state index in [9.17, 15) is 4.79 Å². The van der Waals surface area contributed by atoms with E-state index in [1.54, 1.807) is 12.1 Å². The fraction of sp³-hybridized carbons (Fsp3) is 0.538. The molecule has 1 unspecified atom stereocenters. The van der Waals surface area contributed by atoms with Gasteiger partial charge in [0.05, 0.1) is 6.61 Å². The third kappa shape index (κ3) is 3.68. The second kappa shape index (κ2) is 6.16. The summed E-state index contributed by atoms with van der Waals surface area (Å²) < 4.78 is 5.38. The van der Waals surface area contributed by atoms with Crippen molar-refractivity contribution in [3.8, 4) is 0 Å². The maximum atomic E-state index is 12.0. The van der Waals surface area contributed by atoms with Gasteiger partial charge in [-0.15, -0.1) is 0 Å². The minimum Gasteiger partial charge on any atom is -0.381 e. The highest BCUT2D eigenvalue weighted by molar-refractivity contribution is 6.29. The van der Waals surface area contributed by atoms with Gasteiger partial charge in [0.25, 0.3) is 5.91 Å². The molecule has 0 saturated carbocycles. The first-order valence-electron chi connectivity index (χ1n) is 6.15. The third-order valence-electron chi connectivity index (χ3n) is 2.99. The number of amides is 1. The summed E-state index contributed by atoms with van der Waals surface area (Å²) in [5.74, 6) is 0.314. The number of nitrogens with zero attached hydrogens (tertiary/aromatic N) is 1. The molecule has 18 heavy (non-hydrogen) atoms. The molecule has 1 amide bonds. The summed E-state index contributed by atoms with van der Waals surface area (Å²) >= 11 is 5.83. The Bertz CT molecular complexity index is 411. The van der Waals surface area contributed by atoms with Gasteiger partial charge in [0.1, 0.15) is 5.15 Å². The van der Waals surface area contributed by atoms with Crippen molar-refractivity contribution in [3.05, 3.63) is 28.5 Å². The Balaban J connectivity index is 1.90. The summed E-state index contributed by atoms with van der Waals surface area (Å²) in [6, 6.07) is 3.32. The van der Waals surface area contributed by atoms with Crippen LogP contribution in [0.1, 0.15) is 28.9 Å². The molecule has 5 heteroatoms. The molecule has 1 atom stereocenters. The van der Waals surface area contributed by atoms with Gasteiger partial charge in [-0.25, -0.2) is 4.98 Å². The van der Waals surface area contributed by atoms with Gasteiger partial charge in [-0.3, -0.25) is 4.79 Å². The smallest absolute Gasteiger partial charge is 0.251 e. The van der Waals surface area contributed by atoms with Gasteiger partial charge < -0.3 is 10.1 Å². The predicted molar refractivity (Wildman–Crippen MR) is 69.9 cm³/mol. The number of aromatic nitrogens is 1. The summed E-state index contributed by atoms with van der Waals surface area (Å²) in [4.78, 5) is 16.0. The molecule has 1 fully saturated rings. The number of carbonyl (C=O) groups excluding carboxylic acids is 1. The molecule has 0 radical (unpaired) electrons. The molecule has 1 N–H and O–H groups in total. The molecule has 1 aromatic rings. The first kappa shape index (κ1) is 13.3. The Labute approximate surface area is 112 Å². The van der Waals surface area contributed by atoms with Crippen LogP contribution in [0.15, 0.2) is 12.1 Å². The van der Waals surface area contributed by atoms with Crippen molar-refractivity contribution >= 4 is 17.5 Å². The zero-order chi connectivity index (χ0) is 13.0. The normalized spacial score (nSPS) is 19.6. The largest absolute Gasteiger partial charge is 0.381 e. The van der Waals surface area contributed by atoms with Gasteiger partial charge >= 0.3 is 0 Å². The zero-order valence-corrected chi connectivity index (χ0v) is 11.2. The van der Waals surface area contributed by atoms with Crippen LogP contribution >= 0.6 is 11.6 Å². The number of pyridine rings is 1. The van der Waals surface area contributed by atoms with E-state index in [0.717, 1.165) is 31.7 Å². The van der Waals surface area contributed by atoms with Crippen LogP contribution in [0, 0.1) is 12.8 Å². The molecule has 0 spiro atoms. The molecule has 0 aromatic carbocycles. The number of ether oxygens (including phenoxy) is 1. The Morgan fingerprint density at radius 2 is 2.44 bits per heavy atom. The molecule has 98 valence electrons. The monoisotopic (exact) mass is 268 g/mol. The highest BCUT2D eigenvalue weighted by atomic mass is 35.5. The molecular formula is C13H17ClN2O2. The van der Waals surface area contributed by atoms with E-state index >= 15 is 0 Å². The fourth-order valence-corrected chi connectivity index (χ4v) is 2.32. The van der Waals surface area contributed by atoms with Crippen LogP contribution in [0.5, 0.6) is 0 Å². The number of halogens is 1. The van der Waals surface area contributed by atoms with E-state index in [1.165, 1.54) is 0 Å². The van der Waals surface area contributed by atoms with Gasteiger partial charge in [-0.05, 0) is 37.8 Å². The number of hydrogen-bond acceptors (Lipinski definition) is 3. The van der Waals surface area contributed by atoms with Crippen molar-refractivity contribution in [1.82, 2.24) is 10.3 Å². The first-order valence-corrected chi connectivity index (χ1v) is 6.53. The number of rotatable bonds is 3. The van der Waals surface area contributed by atoms with Crippen LogP contribution in [-0.2, 0) is 4.74 Å². The van der Waals surface area contributed by atoms with Crippen molar-refractivity contribution < 1.29 is 9.53 Å². The maximum absolute atomic E-state index is 12.0. The Morgan fingerprint density at radius 1 is 1.61 bits per heavy atom. The van der Waals surface area contributed by atoms with Gasteiger partial charge in [-0.2, -0.15) is 0 Å². The van der Waals surface area contributed by atoms with Crippen LogP contribution in [0.25, 0.3) is 0 Å². The lowest BCUT2D eigenvalue weighted by molar-refractivity contribution is 0.0536. The Hall–Kier alpha value is -1.13. The molecule has 1 saturated heterocycles. The second-order valence-corrected chi connectivity index (χ2v) is 5.00. The topological polar surface area (TPSA) is 51.2 Å². The van der Waals surface area contributed by atoms with E-state index in [0.29, 0.717) is 23.2 Å². The van der Waals surface area contributed by atoms with E-state index < -0.39 is 0 Å². The van der Waals surface area contributed by atoms with Crippen LogP contribution in [0.2, 0.25) is 5.15 Å². The average molecular weight is 269 g/mol. The Kier molecular flexibility index (Phi) is 4.55. The summed E-state index contributed by atoms with van der Waals surface area (Å²) in [5.41, 5.74) is 1.30. The molecule has 4 nitrogen and oxygen atoms in total. The fourth-order valence-electron chi connectivity index (χ4n) is 2.07. The second-order valence-electron chi connectivity index (χ2n) is 4.61. The lowest BCUT2D eigenvalue weighted by Crippen LogP contribution is -2.33. The average Bonchev–Trinajstić information content (AvgIpc) is 2.36. The van der Waals surface area contributed by atoms with Crippen molar-refractivity contribution in [2.24, 2.45) is 5.92 Å². The summed E-state index contributed by atoms with van der Waals surface area (Å²) in [5, 5.41) is 3.27. The molecule has 2 heterocycles. The highest BCUT2D eigenvalue weighted by Crippen LogP contribution is 2.13. The lowest BCUT2D eigenvalue weighted by Gasteiger charge is -2.22. The van der Waals surface area contributed by atoms with Crippen LogP contribution in [-0.4, -0.2) is 30.6 Å². The highest BCUT2D eigenvalue weighted by Gasteiger charge is 2.15. The molecule has 1 aliphatic rings. The molecule has 1 aromatic heterocycles. The summed E-state index contributed by atoms with van der Waals surface area (Å²) in [6.45, 7) is 4.04. The number of hydrogen-bond donors (Lipinski definition) is 1. The van der Waals surface area contributed by atoms with Gasteiger partial charge in [0.2, 0.25) is 0 Å². The van der Waals surface area contributed by atoms with Gasteiger partial charge in [0.15, 0.2) is 0 Å². The van der Waals surface area contributed by atoms with Crippen LogP contribution < -0.4 is 5.32 Å². The minimum atomic E-state index is -0.104. The van der Waals surface area contributed by atoms with E-state index in [1.807, 2.05) is 6.92 Å². The number of nitrogens with one attached hydrogen (secondary N) is 1. The Morgan fingerprint density at radius 3 is 3.11 bits per heavy atom. The standard InChI is InChI=1S/C13H17ClN2O2/c1-9-5-11(6-12(14)16-9)13(17)15-7-10-3-2-4-18-8-10/h5-6,10H,2-4,7-8H2,1H3,(H,15,17). The summed E-state index contributed by atoms with van der Waals surface area (Å²) in [6.07, 6.45) is 2.18. The van der Waals surface area contributed by atoms with E-state index in [2.05, 4.69) is 10.3 Å². The van der Waals surface area contributed by atoms with Crippen molar-refractivity contribution in [1.29, 1.82) is 0 Å². The molecule has 0 aliphatic carbocycles. The first-order chi connectivity index (χ1) is 8.65. The number of carbonyl (C=O) groups is 1. The van der Waals surface area contributed by atoms with E-state index in [4.69, 9.17) is 16.3 Å².